The molecule has 8 heteroatoms. The van der Waals surface area contributed by atoms with Crippen LogP contribution in [0.5, 0.6) is 5.75 Å². The Morgan fingerprint density at radius 1 is 0.947 bits per heavy atom. The highest BCUT2D eigenvalue weighted by molar-refractivity contribution is 6.05. The van der Waals surface area contributed by atoms with E-state index < -0.39 is 0 Å². The number of aromatic nitrogens is 1. The number of nitrogens with one attached hydrogen (secondary N) is 2. The number of nitrogen functional groups attached to an aromatic ring is 2. The van der Waals surface area contributed by atoms with Gasteiger partial charge in [-0.1, -0.05) is 30.3 Å². The Kier molecular flexibility index (Phi) is 7.70. The molecule has 6 N–H and O–H groups in total. The summed E-state index contributed by atoms with van der Waals surface area (Å²) >= 11 is 0. The van der Waals surface area contributed by atoms with E-state index in [1.807, 2.05) is 36.4 Å². The van der Waals surface area contributed by atoms with E-state index in [0.717, 1.165) is 37.2 Å². The predicted octanol–water partition coefficient (Wildman–Crippen LogP) is 5.16. The fourth-order valence-corrected chi connectivity index (χ4v) is 4.63. The number of para-hydroxylation sites is 1. The maximum Gasteiger partial charge on any atom is 0.255 e. The maximum absolute atomic E-state index is 12.9. The van der Waals surface area contributed by atoms with Crippen molar-refractivity contribution in [3.05, 3.63) is 96.6 Å². The van der Waals surface area contributed by atoms with Crippen LogP contribution in [0.15, 0.2) is 91.0 Å². The van der Waals surface area contributed by atoms with Crippen molar-refractivity contribution in [2.24, 2.45) is 11.8 Å². The van der Waals surface area contributed by atoms with Crippen molar-refractivity contribution in [1.82, 2.24) is 4.98 Å². The number of nitrogens with two attached hydrogens (primary N) is 2. The molecular weight excluding hydrogens is 476 g/mol. The molecule has 0 saturated carbocycles. The second-order valence-electron chi connectivity index (χ2n) is 9.41. The summed E-state index contributed by atoms with van der Waals surface area (Å²) in [6.07, 6.45) is 2.22. The number of ether oxygens (including phenoxy) is 1. The lowest BCUT2D eigenvalue weighted by Crippen LogP contribution is -2.35. The van der Waals surface area contributed by atoms with Crippen molar-refractivity contribution < 1.29 is 9.53 Å². The molecule has 38 heavy (non-hydrogen) atoms. The van der Waals surface area contributed by atoms with Crippen LogP contribution >= 0.6 is 0 Å². The smallest absolute Gasteiger partial charge is 0.255 e. The van der Waals surface area contributed by atoms with Crippen LogP contribution in [0.1, 0.15) is 23.2 Å². The topological polar surface area (TPSA) is 119 Å². The number of piperidine rings is 1. The third-order valence-electron chi connectivity index (χ3n) is 6.83. The Morgan fingerprint density at radius 2 is 1.71 bits per heavy atom. The highest BCUT2D eigenvalue weighted by Gasteiger charge is 2.20. The van der Waals surface area contributed by atoms with E-state index in [0.29, 0.717) is 41.0 Å². The van der Waals surface area contributed by atoms with Crippen LogP contribution < -0.4 is 32.0 Å². The molecule has 0 atom stereocenters. The normalized spacial score (nSPS) is 13.7. The van der Waals surface area contributed by atoms with Gasteiger partial charge < -0.3 is 26.1 Å². The second kappa shape index (κ2) is 11.7. The molecule has 4 aromatic rings. The molecule has 1 aliphatic rings. The minimum absolute atomic E-state index is 0.209. The number of anilines is 4. The zero-order valence-electron chi connectivity index (χ0n) is 21.1. The van der Waals surface area contributed by atoms with E-state index in [1.54, 1.807) is 24.3 Å². The van der Waals surface area contributed by atoms with Crippen LogP contribution in [0.2, 0.25) is 0 Å². The Balaban J connectivity index is 1.13. The summed E-state index contributed by atoms with van der Waals surface area (Å²) in [6.45, 7) is 2.79. The number of hydrogen-bond acceptors (Lipinski definition) is 7. The number of nitrogens with zero attached hydrogens (tertiary/aromatic N) is 2. The van der Waals surface area contributed by atoms with Crippen molar-refractivity contribution in [1.29, 1.82) is 0 Å². The van der Waals surface area contributed by atoms with Crippen LogP contribution in [0.25, 0.3) is 11.3 Å². The van der Waals surface area contributed by atoms with Gasteiger partial charge in [0.05, 0.1) is 18.0 Å². The van der Waals surface area contributed by atoms with Gasteiger partial charge in [-0.15, -0.1) is 0 Å². The van der Waals surface area contributed by atoms with E-state index in [-0.39, 0.29) is 5.91 Å². The molecule has 0 aliphatic carbocycles. The van der Waals surface area contributed by atoms with Gasteiger partial charge in [0, 0.05) is 35.6 Å². The fourth-order valence-electron chi connectivity index (χ4n) is 4.63. The van der Waals surface area contributed by atoms with E-state index in [9.17, 15) is 4.79 Å². The van der Waals surface area contributed by atoms with E-state index in [4.69, 9.17) is 16.3 Å². The predicted molar refractivity (Wildman–Crippen MR) is 153 cm³/mol. The Hall–Kier alpha value is -4.56. The summed E-state index contributed by atoms with van der Waals surface area (Å²) in [5.74, 6) is 6.85. The number of hydrazine groups is 1. The molecule has 0 spiro atoms. The Bertz CT molecular complexity index is 1370. The van der Waals surface area contributed by atoms with Gasteiger partial charge >= 0.3 is 0 Å². The second-order valence-corrected chi connectivity index (χ2v) is 9.41. The molecule has 5 rings (SSSR count). The zero-order chi connectivity index (χ0) is 26.3. The molecule has 1 aromatic heterocycles. The summed E-state index contributed by atoms with van der Waals surface area (Å²) in [7, 11) is 0. The van der Waals surface area contributed by atoms with Gasteiger partial charge in [-0.05, 0) is 79.4 Å². The standard InChI is InChI=1S/C30H32N6O2/c31-29-28(35-32)14-13-27(34-29)22-5-4-6-23(19-22)30(37)33-24-9-11-26(12-10-24)38-20-21-15-17-36(18-16-21)25-7-2-1-3-8-25/h1-14,19,21,35H,15-18,20,32H2,(H2,31,34)(H,33,37). The largest absolute Gasteiger partial charge is 0.493 e. The van der Waals surface area contributed by atoms with E-state index >= 15 is 0 Å². The average molecular weight is 509 g/mol. The van der Waals surface area contributed by atoms with Crippen molar-refractivity contribution in [2.75, 3.05) is 41.1 Å². The molecule has 0 bridgehead atoms. The summed E-state index contributed by atoms with van der Waals surface area (Å²) < 4.78 is 6.06. The molecule has 194 valence electrons. The van der Waals surface area contributed by atoms with Gasteiger partial charge in [0.1, 0.15) is 11.6 Å². The molecule has 1 aliphatic heterocycles. The van der Waals surface area contributed by atoms with Crippen molar-refractivity contribution in [3.8, 4) is 17.0 Å². The van der Waals surface area contributed by atoms with Crippen molar-refractivity contribution in [2.45, 2.75) is 12.8 Å². The average Bonchev–Trinajstić information content (AvgIpc) is 2.97. The molecule has 3 aromatic carbocycles. The molecule has 8 nitrogen and oxygen atoms in total. The van der Waals surface area contributed by atoms with Crippen LogP contribution in [-0.2, 0) is 0 Å². The lowest BCUT2D eigenvalue weighted by Gasteiger charge is -2.33. The Labute approximate surface area is 222 Å². The number of amides is 1. The molecule has 1 amide bonds. The molecule has 1 fully saturated rings. The fraction of sp³-hybridized carbons (Fsp3) is 0.200. The maximum atomic E-state index is 12.9. The molecule has 2 heterocycles. The zero-order valence-corrected chi connectivity index (χ0v) is 21.1. The minimum Gasteiger partial charge on any atom is -0.493 e. The summed E-state index contributed by atoms with van der Waals surface area (Å²) in [5, 5.41) is 2.95. The van der Waals surface area contributed by atoms with Gasteiger partial charge in [-0.3, -0.25) is 10.6 Å². The quantitative estimate of drug-likeness (QED) is 0.192. The summed E-state index contributed by atoms with van der Waals surface area (Å²) in [4.78, 5) is 19.7. The van der Waals surface area contributed by atoms with Crippen LogP contribution in [-0.4, -0.2) is 30.6 Å². The summed E-state index contributed by atoms with van der Waals surface area (Å²) in [5.41, 5.74) is 12.9. The molecule has 0 radical (unpaired) electrons. The lowest BCUT2D eigenvalue weighted by atomic mass is 9.97. The SMILES string of the molecule is NNc1ccc(-c2cccc(C(=O)Nc3ccc(OCC4CCN(c5ccccc5)CC4)cc3)c2)nc1N. The number of carbonyl (C=O) groups is 1. The number of carbonyl (C=O) groups excluding carboxylic acids is 1. The Morgan fingerprint density at radius 3 is 2.42 bits per heavy atom. The first-order chi connectivity index (χ1) is 18.6. The third-order valence-corrected chi connectivity index (χ3v) is 6.83. The molecular formula is C30H32N6O2. The van der Waals surface area contributed by atoms with Crippen LogP contribution in [0.3, 0.4) is 0 Å². The highest BCUT2D eigenvalue weighted by Crippen LogP contribution is 2.26. The minimum atomic E-state index is -0.209. The first-order valence-corrected chi connectivity index (χ1v) is 12.8. The van der Waals surface area contributed by atoms with Gasteiger partial charge in [-0.25, -0.2) is 4.98 Å². The van der Waals surface area contributed by atoms with Crippen LogP contribution in [0.4, 0.5) is 22.9 Å². The van der Waals surface area contributed by atoms with Gasteiger partial charge in [-0.2, -0.15) is 0 Å². The number of rotatable bonds is 8. The van der Waals surface area contributed by atoms with Gasteiger partial charge in [0.25, 0.3) is 5.91 Å². The number of hydrogen-bond donors (Lipinski definition) is 4. The highest BCUT2D eigenvalue weighted by atomic mass is 16.5. The first-order valence-electron chi connectivity index (χ1n) is 12.8. The van der Waals surface area contributed by atoms with Crippen LogP contribution in [0, 0.1) is 5.92 Å². The van der Waals surface area contributed by atoms with Crippen molar-refractivity contribution in [3.63, 3.8) is 0 Å². The molecule has 0 unspecified atom stereocenters. The first kappa shape index (κ1) is 25.1. The van der Waals surface area contributed by atoms with Crippen molar-refractivity contribution >= 4 is 28.8 Å². The third kappa shape index (κ3) is 6.04. The number of pyridine rings is 1. The molecule has 1 saturated heterocycles. The van der Waals surface area contributed by atoms with Gasteiger partial charge in [0.2, 0.25) is 0 Å². The summed E-state index contributed by atoms with van der Waals surface area (Å²) in [6, 6.07) is 28.9. The van der Waals surface area contributed by atoms with E-state index in [1.165, 1.54) is 5.69 Å². The van der Waals surface area contributed by atoms with Gasteiger partial charge in [0.15, 0.2) is 0 Å². The van der Waals surface area contributed by atoms with E-state index in [2.05, 4.69) is 51.0 Å². The monoisotopic (exact) mass is 508 g/mol. The number of benzene rings is 3. The lowest BCUT2D eigenvalue weighted by molar-refractivity contribution is 0.102.